The van der Waals surface area contributed by atoms with E-state index in [1.54, 1.807) is 12.3 Å². The third-order valence-corrected chi connectivity index (χ3v) is 6.18. The van der Waals surface area contributed by atoms with Gasteiger partial charge in [0.15, 0.2) is 5.69 Å². The molecule has 2 aliphatic rings. The third kappa shape index (κ3) is 4.31. The number of hydrogen-bond acceptors (Lipinski definition) is 5. The van der Waals surface area contributed by atoms with E-state index in [-0.39, 0.29) is 29.9 Å². The van der Waals surface area contributed by atoms with Gasteiger partial charge in [-0.05, 0) is 51.9 Å². The van der Waals surface area contributed by atoms with Crippen molar-refractivity contribution in [3.05, 3.63) is 34.7 Å². The summed E-state index contributed by atoms with van der Waals surface area (Å²) in [5, 5.41) is 0.584. The fourth-order valence-corrected chi connectivity index (χ4v) is 4.63. The number of carbonyl (C=O) groups is 2. The molecule has 162 valence electrons. The van der Waals surface area contributed by atoms with Crippen molar-refractivity contribution in [2.45, 2.75) is 45.4 Å². The van der Waals surface area contributed by atoms with Crippen LogP contribution in [0.15, 0.2) is 18.3 Å². The maximum Gasteiger partial charge on any atom is 0.274 e. The smallest absolute Gasteiger partial charge is 0.274 e. The zero-order valence-corrected chi connectivity index (χ0v) is 18.1. The van der Waals surface area contributed by atoms with E-state index in [4.69, 9.17) is 22.1 Å². The summed E-state index contributed by atoms with van der Waals surface area (Å²) < 4.78 is 7.68. The van der Waals surface area contributed by atoms with Crippen LogP contribution in [0, 0.1) is 5.92 Å². The SMILES string of the molecule is C[C@@H]1CN(C(=O)c2nc3ccc(Cl)cn3c2CN2CCC(C(N)=O)CC2)C[C@H](C)O1. The molecule has 0 unspecified atom stereocenters. The molecular weight excluding hydrogens is 406 g/mol. The van der Waals surface area contributed by atoms with Gasteiger partial charge in [-0.3, -0.25) is 14.5 Å². The average molecular weight is 434 g/mol. The molecule has 30 heavy (non-hydrogen) atoms. The van der Waals surface area contributed by atoms with E-state index < -0.39 is 0 Å². The Morgan fingerprint density at radius 3 is 2.50 bits per heavy atom. The average Bonchev–Trinajstić information content (AvgIpc) is 3.04. The lowest BCUT2D eigenvalue weighted by Gasteiger charge is -2.35. The first-order chi connectivity index (χ1) is 14.3. The quantitative estimate of drug-likeness (QED) is 0.795. The van der Waals surface area contributed by atoms with Crippen LogP contribution in [0.5, 0.6) is 0 Å². The Hall–Kier alpha value is -2.16. The lowest BCUT2D eigenvalue weighted by molar-refractivity contribution is -0.123. The van der Waals surface area contributed by atoms with Crippen molar-refractivity contribution < 1.29 is 14.3 Å². The Kier molecular flexibility index (Phi) is 5.99. The summed E-state index contributed by atoms with van der Waals surface area (Å²) in [7, 11) is 0. The van der Waals surface area contributed by atoms with E-state index in [2.05, 4.69) is 9.88 Å². The Morgan fingerprint density at radius 2 is 1.87 bits per heavy atom. The molecule has 2 saturated heterocycles. The molecule has 2 N–H and O–H groups in total. The summed E-state index contributed by atoms with van der Waals surface area (Å²) in [6, 6.07) is 3.60. The molecule has 2 aromatic heterocycles. The third-order valence-electron chi connectivity index (χ3n) is 5.95. The number of rotatable bonds is 4. The number of amides is 2. The number of fused-ring (bicyclic) bond motifs is 1. The van der Waals surface area contributed by atoms with Gasteiger partial charge in [0.2, 0.25) is 5.91 Å². The number of nitrogens with two attached hydrogens (primary N) is 1. The van der Waals surface area contributed by atoms with Gasteiger partial charge in [-0.2, -0.15) is 0 Å². The summed E-state index contributed by atoms with van der Waals surface area (Å²) in [5.41, 5.74) is 7.43. The molecule has 0 radical (unpaired) electrons. The number of pyridine rings is 1. The number of hydrogen-bond donors (Lipinski definition) is 1. The lowest BCUT2D eigenvalue weighted by atomic mass is 9.96. The molecule has 9 heteroatoms. The van der Waals surface area contributed by atoms with Crippen LogP contribution in [0.25, 0.3) is 5.65 Å². The zero-order valence-electron chi connectivity index (χ0n) is 17.4. The highest BCUT2D eigenvalue weighted by atomic mass is 35.5. The first kappa shape index (κ1) is 21.1. The molecule has 0 aliphatic carbocycles. The number of halogens is 1. The number of piperidine rings is 1. The van der Waals surface area contributed by atoms with Gasteiger partial charge in [-0.25, -0.2) is 4.98 Å². The molecule has 2 aromatic rings. The first-order valence-corrected chi connectivity index (χ1v) is 10.8. The molecule has 8 nitrogen and oxygen atoms in total. The fraction of sp³-hybridized carbons (Fsp3) is 0.571. The van der Waals surface area contributed by atoms with E-state index in [1.165, 1.54) is 0 Å². The van der Waals surface area contributed by atoms with Crippen molar-refractivity contribution in [1.82, 2.24) is 19.2 Å². The number of nitrogens with zero attached hydrogens (tertiary/aromatic N) is 4. The summed E-state index contributed by atoms with van der Waals surface area (Å²) >= 11 is 6.24. The summed E-state index contributed by atoms with van der Waals surface area (Å²) in [6.07, 6.45) is 3.24. The molecule has 2 fully saturated rings. The molecule has 2 aliphatic heterocycles. The van der Waals surface area contributed by atoms with Crippen LogP contribution in [0.1, 0.15) is 42.9 Å². The second-order valence-corrected chi connectivity index (χ2v) is 8.84. The van der Waals surface area contributed by atoms with E-state index in [9.17, 15) is 9.59 Å². The Morgan fingerprint density at radius 1 is 1.20 bits per heavy atom. The van der Waals surface area contributed by atoms with E-state index in [1.807, 2.05) is 29.2 Å². The first-order valence-electron chi connectivity index (χ1n) is 10.4. The molecular formula is C21H28ClN5O3. The van der Waals surface area contributed by atoms with Gasteiger partial charge in [-0.1, -0.05) is 11.6 Å². The van der Waals surface area contributed by atoms with Crippen LogP contribution in [0.4, 0.5) is 0 Å². The fourth-order valence-electron chi connectivity index (χ4n) is 4.47. The predicted molar refractivity (Wildman–Crippen MR) is 113 cm³/mol. The van der Waals surface area contributed by atoms with Crippen LogP contribution in [0.2, 0.25) is 5.02 Å². The van der Waals surface area contributed by atoms with Gasteiger partial charge in [0, 0.05) is 31.7 Å². The minimum Gasteiger partial charge on any atom is -0.372 e. The molecule has 4 heterocycles. The molecule has 2 amide bonds. The van der Waals surface area contributed by atoms with Crippen molar-refractivity contribution in [3.8, 4) is 0 Å². The number of likely N-dealkylation sites (tertiary alicyclic amines) is 1. The Bertz CT molecular complexity index is 944. The maximum absolute atomic E-state index is 13.4. The predicted octanol–water partition coefficient (Wildman–Crippen LogP) is 1.93. The normalized spacial score (nSPS) is 23.8. The number of primary amides is 1. The number of aromatic nitrogens is 2. The van der Waals surface area contributed by atoms with Gasteiger partial charge in [-0.15, -0.1) is 0 Å². The van der Waals surface area contributed by atoms with Crippen molar-refractivity contribution in [3.63, 3.8) is 0 Å². The highest BCUT2D eigenvalue weighted by Crippen LogP contribution is 2.24. The number of carbonyl (C=O) groups excluding carboxylic acids is 2. The second kappa shape index (κ2) is 8.53. The monoisotopic (exact) mass is 433 g/mol. The second-order valence-electron chi connectivity index (χ2n) is 8.40. The molecule has 2 atom stereocenters. The molecule has 0 aromatic carbocycles. The summed E-state index contributed by atoms with van der Waals surface area (Å²) in [4.78, 5) is 33.6. The molecule has 4 rings (SSSR count). The van der Waals surface area contributed by atoms with E-state index in [0.717, 1.165) is 31.6 Å². The van der Waals surface area contributed by atoms with Gasteiger partial charge in [0.05, 0.1) is 22.9 Å². The molecule has 0 bridgehead atoms. The highest BCUT2D eigenvalue weighted by molar-refractivity contribution is 6.30. The topological polar surface area (TPSA) is 93.2 Å². The minimum absolute atomic E-state index is 0.0135. The number of morpholine rings is 1. The summed E-state index contributed by atoms with van der Waals surface area (Å²) in [6.45, 7) is 7.10. The van der Waals surface area contributed by atoms with Gasteiger partial charge < -0.3 is 19.8 Å². The van der Waals surface area contributed by atoms with Crippen molar-refractivity contribution in [1.29, 1.82) is 0 Å². The van der Waals surface area contributed by atoms with Crippen LogP contribution in [-0.2, 0) is 16.1 Å². The Labute approximate surface area is 180 Å². The van der Waals surface area contributed by atoms with Crippen molar-refractivity contribution in [2.75, 3.05) is 26.2 Å². The number of imidazole rings is 1. The van der Waals surface area contributed by atoms with Gasteiger partial charge >= 0.3 is 0 Å². The Balaban J connectivity index is 1.63. The highest BCUT2D eigenvalue weighted by Gasteiger charge is 2.31. The summed E-state index contributed by atoms with van der Waals surface area (Å²) in [5.74, 6) is -0.392. The molecule has 0 saturated carbocycles. The van der Waals surface area contributed by atoms with Crippen molar-refractivity contribution >= 4 is 29.1 Å². The van der Waals surface area contributed by atoms with Crippen LogP contribution in [-0.4, -0.2) is 69.4 Å². The van der Waals surface area contributed by atoms with Crippen molar-refractivity contribution in [2.24, 2.45) is 11.7 Å². The van der Waals surface area contributed by atoms with Crippen LogP contribution >= 0.6 is 11.6 Å². The largest absolute Gasteiger partial charge is 0.372 e. The number of ether oxygens (including phenoxy) is 1. The van der Waals surface area contributed by atoms with Crippen LogP contribution < -0.4 is 5.73 Å². The van der Waals surface area contributed by atoms with Gasteiger partial charge in [0.25, 0.3) is 5.91 Å². The zero-order chi connectivity index (χ0) is 21.4. The van der Waals surface area contributed by atoms with E-state index >= 15 is 0 Å². The lowest BCUT2D eigenvalue weighted by Crippen LogP contribution is -2.48. The maximum atomic E-state index is 13.4. The van der Waals surface area contributed by atoms with Crippen LogP contribution in [0.3, 0.4) is 0 Å². The molecule has 0 spiro atoms. The standard InChI is InChI=1S/C21H28ClN5O3/c1-13-9-26(10-14(2)30-13)21(29)19-17(27-11-16(22)3-4-18(27)24-19)12-25-7-5-15(6-8-25)20(23)28/h3-4,11,13-15H,5-10,12H2,1-2H3,(H2,23,28)/t13-,14+. The minimum atomic E-state index is -0.234. The van der Waals surface area contributed by atoms with Gasteiger partial charge in [0.1, 0.15) is 5.65 Å². The van der Waals surface area contributed by atoms with E-state index in [0.29, 0.717) is 36.0 Å².